The lowest BCUT2D eigenvalue weighted by Crippen LogP contribution is -2.47. The molecule has 0 radical (unpaired) electrons. The van der Waals surface area contributed by atoms with E-state index in [2.05, 4.69) is 10.7 Å². The zero-order chi connectivity index (χ0) is 6.69. The first-order valence-electron chi connectivity index (χ1n) is 3.03. The molecule has 0 saturated carbocycles. The summed E-state index contributed by atoms with van der Waals surface area (Å²) < 4.78 is 0. The van der Waals surface area contributed by atoms with Crippen LogP contribution in [0.4, 0.5) is 0 Å². The fourth-order valence-corrected chi connectivity index (χ4v) is 0.783. The van der Waals surface area contributed by atoms with Crippen molar-refractivity contribution in [2.75, 3.05) is 0 Å². The molecular formula is C7H11N2+. The van der Waals surface area contributed by atoms with Crippen molar-refractivity contribution in [2.45, 2.75) is 13.5 Å². The third-order valence-corrected chi connectivity index (χ3v) is 1.41. The zero-order valence-corrected chi connectivity index (χ0v) is 5.59. The zero-order valence-electron chi connectivity index (χ0n) is 5.59. The Morgan fingerprint density at radius 3 is 2.89 bits per heavy atom. The van der Waals surface area contributed by atoms with Gasteiger partial charge in [0.25, 0.3) is 0 Å². The van der Waals surface area contributed by atoms with Crippen molar-refractivity contribution in [1.29, 1.82) is 0 Å². The fourth-order valence-electron chi connectivity index (χ4n) is 0.783. The predicted octanol–water partition coefficient (Wildman–Crippen LogP) is 0.132. The monoisotopic (exact) mass is 123 g/mol. The van der Waals surface area contributed by atoms with E-state index in [1.54, 1.807) is 6.20 Å². The first-order chi connectivity index (χ1) is 4.34. The first kappa shape index (κ1) is 6.23. The molecular weight excluding hydrogens is 112 g/mol. The van der Waals surface area contributed by atoms with Crippen molar-refractivity contribution >= 4 is 0 Å². The third-order valence-electron chi connectivity index (χ3n) is 1.41. The molecule has 1 heterocycles. The van der Waals surface area contributed by atoms with Crippen LogP contribution in [0.25, 0.3) is 0 Å². The molecule has 0 aliphatic heterocycles. The van der Waals surface area contributed by atoms with Crippen LogP contribution in [0.2, 0.25) is 0 Å². The van der Waals surface area contributed by atoms with E-state index >= 15 is 0 Å². The standard InChI is InChI=1S/C7H10N2/c1-6-5-9-3-2-7(6)4-8/h2-3,5H,4,8H2,1H3/p+1. The molecule has 48 valence electrons. The second-order valence-corrected chi connectivity index (χ2v) is 2.05. The molecule has 2 nitrogen and oxygen atoms in total. The van der Waals surface area contributed by atoms with Crippen molar-refractivity contribution in [3.8, 4) is 0 Å². The Morgan fingerprint density at radius 1 is 1.67 bits per heavy atom. The van der Waals surface area contributed by atoms with Crippen LogP contribution < -0.4 is 5.73 Å². The molecule has 3 N–H and O–H groups in total. The summed E-state index contributed by atoms with van der Waals surface area (Å²) in [6, 6.07) is 2.00. The molecule has 0 unspecified atom stereocenters. The summed E-state index contributed by atoms with van der Waals surface area (Å²) in [4.78, 5) is 3.97. The molecule has 0 aliphatic carbocycles. The van der Waals surface area contributed by atoms with Crippen molar-refractivity contribution in [3.63, 3.8) is 0 Å². The minimum atomic E-state index is 0.856. The highest BCUT2D eigenvalue weighted by Gasteiger charge is 1.93. The van der Waals surface area contributed by atoms with Gasteiger partial charge in [0.2, 0.25) is 0 Å². The number of pyridine rings is 1. The van der Waals surface area contributed by atoms with Crippen molar-refractivity contribution in [2.24, 2.45) is 0 Å². The Hall–Kier alpha value is -0.890. The van der Waals surface area contributed by atoms with E-state index < -0.39 is 0 Å². The lowest BCUT2D eigenvalue weighted by atomic mass is 10.2. The average Bonchev–Trinajstić information content (AvgIpc) is 1.89. The number of rotatable bonds is 1. The van der Waals surface area contributed by atoms with Crippen LogP contribution >= 0.6 is 0 Å². The summed E-state index contributed by atoms with van der Waals surface area (Å²) in [7, 11) is 0. The Bertz CT molecular complexity index is 196. The van der Waals surface area contributed by atoms with Gasteiger partial charge >= 0.3 is 0 Å². The molecule has 1 aromatic heterocycles. The molecule has 0 fully saturated rings. The van der Waals surface area contributed by atoms with E-state index in [0.717, 1.165) is 6.54 Å². The van der Waals surface area contributed by atoms with E-state index in [1.165, 1.54) is 11.1 Å². The molecule has 0 aromatic carbocycles. The number of hydrogen-bond acceptors (Lipinski definition) is 1. The predicted molar refractivity (Wildman–Crippen MR) is 35.6 cm³/mol. The summed E-state index contributed by atoms with van der Waals surface area (Å²) in [5.74, 6) is 0. The number of aromatic nitrogens is 1. The van der Waals surface area contributed by atoms with E-state index in [9.17, 15) is 0 Å². The van der Waals surface area contributed by atoms with E-state index in [0.29, 0.717) is 0 Å². The Kier molecular flexibility index (Phi) is 1.80. The van der Waals surface area contributed by atoms with Gasteiger partial charge in [-0.2, -0.15) is 0 Å². The quantitative estimate of drug-likeness (QED) is 0.566. The third kappa shape index (κ3) is 1.27. The van der Waals surface area contributed by atoms with Gasteiger partial charge in [-0.3, -0.25) is 4.98 Å². The number of nitrogens with zero attached hydrogens (tertiary/aromatic N) is 1. The molecule has 0 amide bonds. The van der Waals surface area contributed by atoms with Gasteiger partial charge < -0.3 is 5.73 Å². The molecule has 9 heavy (non-hydrogen) atoms. The Morgan fingerprint density at radius 2 is 2.44 bits per heavy atom. The smallest absolute Gasteiger partial charge is 0.100 e. The highest BCUT2D eigenvalue weighted by Crippen LogP contribution is 2.01. The van der Waals surface area contributed by atoms with Crippen LogP contribution in [0.3, 0.4) is 0 Å². The SMILES string of the molecule is Cc1cnccc1C[NH3+]. The maximum Gasteiger partial charge on any atom is 0.100 e. The number of hydrogen-bond donors (Lipinski definition) is 1. The van der Waals surface area contributed by atoms with Crippen LogP contribution in [0, 0.1) is 6.92 Å². The number of aryl methyl sites for hydroxylation is 1. The largest absolute Gasteiger partial charge is 0.354 e. The van der Waals surface area contributed by atoms with Crippen molar-refractivity contribution < 1.29 is 5.73 Å². The summed E-state index contributed by atoms with van der Waals surface area (Å²) in [5, 5.41) is 0. The molecule has 2 heteroatoms. The molecule has 0 aliphatic rings. The van der Waals surface area contributed by atoms with Gasteiger partial charge in [-0.25, -0.2) is 0 Å². The van der Waals surface area contributed by atoms with Gasteiger partial charge in [0.15, 0.2) is 0 Å². The van der Waals surface area contributed by atoms with Gasteiger partial charge in [0.05, 0.1) is 0 Å². The van der Waals surface area contributed by atoms with E-state index in [1.807, 2.05) is 19.2 Å². The maximum absolute atomic E-state index is 3.97. The van der Waals surface area contributed by atoms with Crippen LogP contribution in [0.15, 0.2) is 18.5 Å². The normalized spacial score (nSPS) is 9.56. The second-order valence-electron chi connectivity index (χ2n) is 2.05. The first-order valence-corrected chi connectivity index (χ1v) is 3.03. The molecule has 0 atom stereocenters. The number of quaternary nitrogens is 1. The average molecular weight is 123 g/mol. The van der Waals surface area contributed by atoms with Gasteiger partial charge in [-0.1, -0.05) is 0 Å². The summed E-state index contributed by atoms with van der Waals surface area (Å²) in [6.07, 6.45) is 3.66. The summed E-state index contributed by atoms with van der Waals surface area (Å²) >= 11 is 0. The van der Waals surface area contributed by atoms with Crippen molar-refractivity contribution in [1.82, 2.24) is 4.98 Å². The topological polar surface area (TPSA) is 40.5 Å². The second kappa shape index (κ2) is 2.60. The van der Waals surface area contributed by atoms with Crippen LogP contribution in [0.5, 0.6) is 0 Å². The lowest BCUT2D eigenvalue weighted by molar-refractivity contribution is -0.386. The highest BCUT2D eigenvalue weighted by molar-refractivity contribution is 5.19. The molecule has 0 spiro atoms. The molecule has 0 bridgehead atoms. The van der Waals surface area contributed by atoms with Crippen LogP contribution in [-0.4, -0.2) is 4.98 Å². The molecule has 0 saturated heterocycles. The highest BCUT2D eigenvalue weighted by atomic mass is 14.6. The van der Waals surface area contributed by atoms with Gasteiger partial charge in [-0.15, -0.1) is 0 Å². The van der Waals surface area contributed by atoms with Crippen molar-refractivity contribution in [3.05, 3.63) is 29.6 Å². The van der Waals surface area contributed by atoms with E-state index in [4.69, 9.17) is 0 Å². The van der Waals surface area contributed by atoms with Crippen LogP contribution in [0.1, 0.15) is 11.1 Å². The van der Waals surface area contributed by atoms with Gasteiger partial charge in [0, 0.05) is 18.0 Å². The minimum Gasteiger partial charge on any atom is -0.354 e. The lowest BCUT2D eigenvalue weighted by Gasteiger charge is -1.95. The van der Waals surface area contributed by atoms with E-state index in [-0.39, 0.29) is 0 Å². The molecule has 1 rings (SSSR count). The Balaban J connectivity index is 3.01. The molecule has 1 aromatic rings. The van der Waals surface area contributed by atoms with Crippen LogP contribution in [-0.2, 0) is 6.54 Å². The summed E-state index contributed by atoms with van der Waals surface area (Å²) in [5.41, 5.74) is 6.30. The maximum atomic E-state index is 3.97. The fraction of sp³-hybridized carbons (Fsp3) is 0.286. The Labute approximate surface area is 54.7 Å². The van der Waals surface area contributed by atoms with Gasteiger partial charge in [-0.05, 0) is 18.6 Å². The minimum absolute atomic E-state index is 0.856. The summed E-state index contributed by atoms with van der Waals surface area (Å²) in [6.45, 7) is 2.90. The van der Waals surface area contributed by atoms with Gasteiger partial charge in [0.1, 0.15) is 6.54 Å².